The topological polar surface area (TPSA) is 78.9 Å². The molecule has 0 aromatic rings. The zero-order chi connectivity index (χ0) is 51.4. The van der Waals surface area contributed by atoms with Gasteiger partial charge >= 0.3 is 17.9 Å². The van der Waals surface area contributed by atoms with Gasteiger partial charge in [0.25, 0.3) is 0 Å². The van der Waals surface area contributed by atoms with Crippen molar-refractivity contribution < 1.29 is 28.6 Å². The molecule has 0 saturated heterocycles. The van der Waals surface area contributed by atoms with Gasteiger partial charge in [-0.1, -0.05) is 230 Å². The second-order valence-corrected chi connectivity index (χ2v) is 17.7. The van der Waals surface area contributed by atoms with E-state index in [0.717, 1.165) is 141 Å². The molecule has 0 aliphatic heterocycles. The minimum atomic E-state index is -0.819. The van der Waals surface area contributed by atoms with Crippen molar-refractivity contribution >= 4 is 17.9 Å². The lowest BCUT2D eigenvalue weighted by atomic mass is 10.1. The van der Waals surface area contributed by atoms with E-state index in [4.69, 9.17) is 14.2 Å². The first-order valence-corrected chi connectivity index (χ1v) is 28.0. The number of rotatable bonds is 48. The third-order valence-corrected chi connectivity index (χ3v) is 11.0. The Kier molecular flexibility index (Phi) is 53.6. The van der Waals surface area contributed by atoms with Crippen LogP contribution in [0.15, 0.2) is 158 Å². The molecule has 0 amide bonds. The molecule has 1 atom stereocenters. The van der Waals surface area contributed by atoms with Crippen molar-refractivity contribution in [3.63, 3.8) is 0 Å². The fourth-order valence-corrected chi connectivity index (χ4v) is 6.90. The average Bonchev–Trinajstić information content (AvgIpc) is 3.37. The van der Waals surface area contributed by atoms with E-state index in [2.05, 4.69) is 179 Å². The summed E-state index contributed by atoms with van der Waals surface area (Å²) in [7, 11) is 0. The van der Waals surface area contributed by atoms with Crippen LogP contribution in [-0.2, 0) is 28.6 Å². The maximum Gasteiger partial charge on any atom is 0.306 e. The number of allylic oxidation sites excluding steroid dienone is 26. The average molecular weight is 978 g/mol. The SMILES string of the molecule is CC/C=C\C/C=C\C/C=C\C/C=C\C/C=C\C/C=C\C/C=C\C/C=C\C/C=C\CCCC(=O)OCC(COC(=O)CCCCCCCCC)OC(=O)CCCCCC/C=C\C/C=C\C/C=C\C/C=C\CC. The van der Waals surface area contributed by atoms with Crippen molar-refractivity contribution in [1.29, 1.82) is 0 Å². The Labute approximate surface area is 435 Å². The number of esters is 3. The molecule has 0 heterocycles. The maximum absolute atomic E-state index is 12.8. The molecule has 71 heavy (non-hydrogen) atoms. The minimum absolute atomic E-state index is 0.112. The van der Waals surface area contributed by atoms with Gasteiger partial charge < -0.3 is 14.2 Å². The van der Waals surface area contributed by atoms with Gasteiger partial charge in [-0.15, -0.1) is 0 Å². The highest BCUT2D eigenvalue weighted by Gasteiger charge is 2.19. The second-order valence-electron chi connectivity index (χ2n) is 17.7. The summed E-state index contributed by atoms with van der Waals surface area (Å²) in [6.45, 7) is 6.27. The van der Waals surface area contributed by atoms with Crippen LogP contribution < -0.4 is 0 Å². The Hall–Kier alpha value is -4.97. The third-order valence-electron chi connectivity index (χ3n) is 11.0. The quantitative estimate of drug-likeness (QED) is 0.0262. The van der Waals surface area contributed by atoms with E-state index < -0.39 is 6.10 Å². The first-order chi connectivity index (χ1) is 35.0. The van der Waals surface area contributed by atoms with E-state index >= 15 is 0 Å². The molecular weight excluding hydrogens is 877 g/mol. The molecule has 0 aliphatic carbocycles. The molecule has 0 fully saturated rings. The van der Waals surface area contributed by atoms with Gasteiger partial charge in [0, 0.05) is 19.3 Å². The van der Waals surface area contributed by atoms with Gasteiger partial charge in [-0.05, 0) is 122 Å². The molecule has 0 rings (SSSR count). The van der Waals surface area contributed by atoms with Crippen molar-refractivity contribution in [3.8, 4) is 0 Å². The fourth-order valence-electron chi connectivity index (χ4n) is 6.90. The van der Waals surface area contributed by atoms with Crippen LogP contribution in [-0.4, -0.2) is 37.2 Å². The van der Waals surface area contributed by atoms with Crippen LogP contribution in [0.3, 0.4) is 0 Å². The van der Waals surface area contributed by atoms with E-state index in [1.54, 1.807) is 0 Å². The molecule has 0 spiro atoms. The summed E-state index contributed by atoms with van der Waals surface area (Å²) in [6.07, 6.45) is 84.0. The number of hydrogen-bond donors (Lipinski definition) is 0. The van der Waals surface area contributed by atoms with Crippen LogP contribution in [0.5, 0.6) is 0 Å². The lowest BCUT2D eigenvalue weighted by Crippen LogP contribution is -2.30. The molecule has 0 aromatic carbocycles. The normalized spacial score (nSPS) is 13.3. The van der Waals surface area contributed by atoms with E-state index in [-0.39, 0.29) is 44.0 Å². The number of ether oxygens (including phenoxy) is 3. The Morgan fingerprint density at radius 1 is 0.296 bits per heavy atom. The van der Waals surface area contributed by atoms with Crippen LogP contribution in [0.1, 0.15) is 213 Å². The molecule has 396 valence electrons. The monoisotopic (exact) mass is 977 g/mol. The van der Waals surface area contributed by atoms with E-state index in [1.165, 1.54) is 25.7 Å². The van der Waals surface area contributed by atoms with Crippen molar-refractivity contribution in [1.82, 2.24) is 0 Å². The number of carbonyl (C=O) groups is 3. The first-order valence-electron chi connectivity index (χ1n) is 28.0. The molecule has 0 saturated carbocycles. The molecule has 0 radical (unpaired) electrons. The molecular formula is C65H100O6. The summed E-state index contributed by atoms with van der Waals surface area (Å²) in [4.78, 5) is 37.9. The summed E-state index contributed by atoms with van der Waals surface area (Å²) in [5.74, 6) is -1.02. The van der Waals surface area contributed by atoms with Crippen molar-refractivity contribution in [2.75, 3.05) is 13.2 Å². The Bertz CT molecular complexity index is 1640. The van der Waals surface area contributed by atoms with E-state index in [9.17, 15) is 14.4 Å². The van der Waals surface area contributed by atoms with E-state index in [1.807, 2.05) is 0 Å². The van der Waals surface area contributed by atoms with Crippen molar-refractivity contribution in [3.05, 3.63) is 158 Å². The highest BCUT2D eigenvalue weighted by Crippen LogP contribution is 2.12. The first kappa shape index (κ1) is 66.0. The Morgan fingerprint density at radius 2 is 0.563 bits per heavy atom. The Balaban J connectivity index is 4.37. The van der Waals surface area contributed by atoms with Crippen molar-refractivity contribution in [2.24, 2.45) is 0 Å². The van der Waals surface area contributed by atoms with Crippen LogP contribution in [0.4, 0.5) is 0 Å². The summed E-state index contributed by atoms with van der Waals surface area (Å²) in [6, 6.07) is 0. The van der Waals surface area contributed by atoms with Gasteiger partial charge in [0.05, 0.1) is 0 Å². The maximum atomic E-state index is 12.8. The smallest absolute Gasteiger partial charge is 0.306 e. The largest absolute Gasteiger partial charge is 0.462 e. The zero-order valence-electron chi connectivity index (χ0n) is 45.2. The van der Waals surface area contributed by atoms with Crippen molar-refractivity contribution in [2.45, 2.75) is 219 Å². The van der Waals surface area contributed by atoms with Crippen LogP contribution in [0.25, 0.3) is 0 Å². The van der Waals surface area contributed by atoms with Crippen LogP contribution >= 0.6 is 0 Å². The highest BCUT2D eigenvalue weighted by atomic mass is 16.6. The van der Waals surface area contributed by atoms with Gasteiger partial charge in [0.1, 0.15) is 13.2 Å². The number of hydrogen-bond acceptors (Lipinski definition) is 6. The zero-order valence-corrected chi connectivity index (χ0v) is 45.2. The lowest BCUT2D eigenvalue weighted by Gasteiger charge is -2.18. The number of carbonyl (C=O) groups excluding carboxylic acids is 3. The van der Waals surface area contributed by atoms with Gasteiger partial charge in [0.2, 0.25) is 0 Å². The van der Waals surface area contributed by atoms with Gasteiger partial charge in [-0.25, -0.2) is 0 Å². The standard InChI is InChI=1S/C65H100O6/c1-4-7-10-13-16-18-20-22-24-26-27-28-29-30-31-32-33-34-35-36-37-39-40-42-44-46-49-52-55-58-64(67)70-61-62(60-69-63(66)57-54-51-48-15-12-9-6-3)71-65(68)59-56-53-50-47-45-43-41-38-25-23-21-19-17-14-11-8-5-2/h7-8,10-11,16-19,22-25,27-28,30-31,33-34,36-37,40-43,46,49,62H,4-6,9,12-15,20-21,26,29,32,35,38-39,44-45,47-48,50-61H2,1-3H3/b10-7-,11-8-,18-16-,19-17-,24-22-,25-23-,28-27-,31-30-,34-33-,37-36-,42-40-,43-41-,49-46-. The van der Waals surface area contributed by atoms with Gasteiger partial charge in [-0.2, -0.15) is 0 Å². The molecule has 0 aromatic heterocycles. The molecule has 0 aliphatic rings. The summed E-state index contributed by atoms with van der Waals surface area (Å²) >= 11 is 0. The molecule has 0 N–H and O–H groups in total. The predicted molar refractivity (Wildman–Crippen MR) is 306 cm³/mol. The number of unbranched alkanes of at least 4 members (excludes halogenated alkanes) is 11. The van der Waals surface area contributed by atoms with Gasteiger partial charge in [-0.3, -0.25) is 14.4 Å². The van der Waals surface area contributed by atoms with Gasteiger partial charge in [0.15, 0.2) is 6.10 Å². The summed E-state index contributed by atoms with van der Waals surface area (Å²) in [5, 5.41) is 0. The lowest BCUT2D eigenvalue weighted by molar-refractivity contribution is -0.167. The fraction of sp³-hybridized carbons (Fsp3) is 0.554. The van der Waals surface area contributed by atoms with Crippen LogP contribution in [0.2, 0.25) is 0 Å². The second kappa shape index (κ2) is 57.6. The third kappa shape index (κ3) is 55.8. The molecule has 0 bridgehead atoms. The molecule has 6 heteroatoms. The van der Waals surface area contributed by atoms with Crippen LogP contribution in [0, 0.1) is 0 Å². The predicted octanol–water partition coefficient (Wildman–Crippen LogP) is 19.0. The molecule has 1 unspecified atom stereocenters. The summed E-state index contributed by atoms with van der Waals surface area (Å²) in [5.41, 5.74) is 0. The Morgan fingerprint density at radius 3 is 0.915 bits per heavy atom. The molecule has 6 nitrogen and oxygen atoms in total. The van der Waals surface area contributed by atoms with E-state index in [0.29, 0.717) is 12.8 Å². The highest BCUT2D eigenvalue weighted by molar-refractivity contribution is 5.71. The summed E-state index contributed by atoms with van der Waals surface area (Å²) < 4.78 is 16.7. The minimum Gasteiger partial charge on any atom is -0.462 e.